The van der Waals surface area contributed by atoms with Gasteiger partial charge in [-0.25, -0.2) is 13.8 Å². The third-order valence-electron chi connectivity index (χ3n) is 6.29. The quantitative estimate of drug-likeness (QED) is 0.194. The Morgan fingerprint density at radius 1 is 0.949 bits per heavy atom. The zero-order valence-electron chi connectivity index (χ0n) is 21.9. The Morgan fingerprint density at radius 2 is 1.62 bits per heavy atom. The standard InChI is InChI=1S/C29H28Cl2N4O3S/c1-19-5-13-27(14-6-19)39(37,38)34(26-10-7-20(2)28(31)16-26)18-29(36)33-32-17-23-15-21(3)35(22(23)4)25-11-8-24(30)9-12-25/h5-17H,18H2,1-4H3,(H,33,36)/b32-17-. The number of sulfonamides is 1. The number of amides is 1. The van der Waals surface area contributed by atoms with E-state index in [2.05, 4.69) is 15.1 Å². The number of hydrogen-bond acceptors (Lipinski definition) is 4. The summed E-state index contributed by atoms with van der Waals surface area (Å²) in [4.78, 5) is 13.0. The van der Waals surface area contributed by atoms with Gasteiger partial charge in [-0.05, 0) is 87.9 Å². The molecule has 1 N–H and O–H groups in total. The summed E-state index contributed by atoms with van der Waals surface area (Å²) in [6.45, 7) is 7.11. The number of carbonyl (C=O) groups is 1. The Kier molecular flexibility index (Phi) is 8.49. The first-order valence-electron chi connectivity index (χ1n) is 12.1. The molecule has 0 spiro atoms. The van der Waals surface area contributed by atoms with Gasteiger partial charge in [0, 0.05) is 32.7 Å². The van der Waals surface area contributed by atoms with E-state index in [4.69, 9.17) is 23.2 Å². The molecule has 0 saturated carbocycles. The van der Waals surface area contributed by atoms with Gasteiger partial charge in [-0.2, -0.15) is 5.10 Å². The molecule has 0 bridgehead atoms. The van der Waals surface area contributed by atoms with Gasteiger partial charge in [0.2, 0.25) is 0 Å². The van der Waals surface area contributed by atoms with E-state index in [1.807, 2.05) is 58.0 Å². The lowest BCUT2D eigenvalue weighted by molar-refractivity contribution is -0.119. The molecule has 1 heterocycles. The van der Waals surface area contributed by atoms with Crippen LogP contribution in [0.25, 0.3) is 5.69 Å². The summed E-state index contributed by atoms with van der Waals surface area (Å²) in [5, 5.41) is 5.15. The van der Waals surface area contributed by atoms with Crippen molar-refractivity contribution in [3.05, 3.63) is 111 Å². The van der Waals surface area contributed by atoms with Gasteiger partial charge in [-0.3, -0.25) is 9.10 Å². The van der Waals surface area contributed by atoms with Crippen LogP contribution in [0.3, 0.4) is 0 Å². The topological polar surface area (TPSA) is 83.8 Å². The Morgan fingerprint density at radius 3 is 2.26 bits per heavy atom. The number of aryl methyl sites for hydroxylation is 3. The first-order valence-corrected chi connectivity index (χ1v) is 14.3. The van der Waals surface area contributed by atoms with Gasteiger partial charge in [-0.15, -0.1) is 0 Å². The van der Waals surface area contributed by atoms with Crippen LogP contribution in [0, 0.1) is 27.7 Å². The van der Waals surface area contributed by atoms with Crippen molar-refractivity contribution in [2.75, 3.05) is 10.8 Å². The van der Waals surface area contributed by atoms with E-state index in [-0.39, 0.29) is 10.6 Å². The Labute approximate surface area is 238 Å². The molecular weight excluding hydrogens is 555 g/mol. The second kappa shape index (κ2) is 11.7. The van der Waals surface area contributed by atoms with Gasteiger partial charge in [-0.1, -0.05) is 47.0 Å². The highest BCUT2D eigenvalue weighted by Gasteiger charge is 2.27. The summed E-state index contributed by atoms with van der Waals surface area (Å²) in [6.07, 6.45) is 1.54. The Balaban J connectivity index is 1.57. The zero-order valence-corrected chi connectivity index (χ0v) is 24.3. The number of nitrogens with zero attached hydrogens (tertiary/aromatic N) is 3. The van der Waals surface area contributed by atoms with Crippen molar-refractivity contribution in [2.45, 2.75) is 32.6 Å². The van der Waals surface area contributed by atoms with Crippen LogP contribution >= 0.6 is 23.2 Å². The van der Waals surface area contributed by atoms with Gasteiger partial charge in [0.05, 0.1) is 16.8 Å². The van der Waals surface area contributed by atoms with Crippen LogP contribution in [0.2, 0.25) is 10.0 Å². The molecule has 7 nitrogen and oxygen atoms in total. The Bertz CT molecular complexity index is 1650. The molecule has 0 atom stereocenters. The van der Waals surface area contributed by atoms with E-state index in [1.54, 1.807) is 24.3 Å². The molecule has 0 radical (unpaired) electrons. The SMILES string of the molecule is Cc1ccc(S(=O)(=O)N(CC(=O)N/N=C\c2cc(C)n(-c3ccc(Cl)cc3)c2C)c2ccc(C)c(Cl)c2)cc1. The monoisotopic (exact) mass is 582 g/mol. The molecule has 39 heavy (non-hydrogen) atoms. The van der Waals surface area contributed by atoms with Gasteiger partial charge >= 0.3 is 0 Å². The molecule has 0 unspecified atom stereocenters. The van der Waals surface area contributed by atoms with Gasteiger partial charge in [0.1, 0.15) is 6.54 Å². The summed E-state index contributed by atoms with van der Waals surface area (Å²) >= 11 is 12.3. The van der Waals surface area contributed by atoms with E-state index >= 15 is 0 Å². The number of halogens is 2. The lowest BCUT2D eigenvalue weighted by atomic mass is 10.2. The van der Waals surface area contributed by atoms with Crippen LogP contribution in [0.1, 0.15) is 28.1 Å². The summed E-state index contributed by atoms with van der Waals surface area (Å²) in [5.74, 6) is -0.606. The second-order valence-corrected chi connectivity index (χ2v) is 11.9. The minimum atomic E-state index is -4.07. The highest BCUT2D eigenvalue weighted by atomic mass is 35.5. The van der Waals surface area contributed by atoms with E-state index in [0.29, 0.717) is 10.0 Å². The number of hydrogen-bond donors (Lipinski definition) is 1. The number of rotatable bonds is 8. The van der Waals surface area contributed by atoms with Crippen molar-refractivity contribution < 1.29 is 13.2 Å². The molecule has 0 saturated heterocycles. The van der Waals surface area contributed by atoms with Crippen LogP contribution in [0.4, 0.5) is 5.69 Å². The molecule has 10 heteroatoms. The average molecular weight is 584 g/mol. The molecule has 3 aromatic carbocycles. The average Bonchev–Trinajstić information content (AvgIpc) is 3.17. The molecule has 4 aromatic rings. The number of anilines is 1. The van der Waals surface area contributed by atoms with Crippen LogP contribution in [-0.4, -0.2) is 31.7 Å². The van der Waals surface area contributed by atoms with Crippen molar-refractivity contribution in [3.63, 3.8) is 0 Å². The lowest BCUT2D eigenvalue weighted by Gasteiger charge is -2.24. The molecule has 0 aliphatic rings. The van der Waals surface area contributed by atoms with Crippen molar-refractivity contribution >= 4 is 51.0 Å². The van der Waals surface area contributed by atoms with E-state index < -0.39 is 22.5 Å². The van der Waals surface area contributed by atoms with Gasteiger partial charge < -0.3 is 4.57 Å². The summed E-state index contributed by atoms with van der Waals surface area (Å²) < 4.78 is 30.2. The van der Waals surface area contributed by atoms with Crippen molar-refractivity contribution in [3.8, 4) is 5.69 Å². The maximum atomic E-state index is 13.6. The highest BCUT2D eigenvalue weighted by molar-refractivity contribution is 7.92. The van der Waals surface area contributed by atoms with Crippen LogP contribution in [0.15, 0.2) is 82.8 Å². The van der Waals surface area contributed by atoms with E-state index in [9.17, 15) is 13.2 Å². The second-order valence-electron chi connectivity index (χ2n) is 9.19. The number of nitrogens with one attached hydrogen (secondary N) is 1. The number of hydrazone groups is 1. The third-order valence-corrected chi connectivity index (χ3v) is 8.73. The van der Waals surface area contributed by atoms with Crippen molar-refractivity contribution in [2.24, 2.45) is 5.10 Å². The lowest BCUT2D eigenvalue weighted by Crippen LogP contribution is -2.39. The predicted octanol–water partition coefficient (Wildman–Crippen LogP) is 6.36. The number of aromatic nitrogens is 1. The first-order chi connectivity index (χ1) is 18.5. The minimum absolute atomic E-state index is 0.0655. The molecule has 202 valence electrons. The molecule has 4 rings (SSSR count). The number of carbonyl (C=O) groups excluding carboxylic acids is 1. The normalized spacial score (nSPS) is 11.6. The van der Waals surface area contributed by atoms with Crippen molar-refractivity contribution in [1.82, 2.24) is 9.99 Å². The molecule has 0 fully saturated rings. The fourth-order valence-electron chi connectivity index (χ4n) is 4.13. The molecule has 1 aromatic heterocycles. The largest absolute Gasteiger partial charge is 0.318 e. The summed E-state index contributed by atoms with van der Waals surface area (Å²) in [7, 11) is -4.07. The van der Waals surface area contributed by atoms with Gasteiger partial charge in [0.25, 0.3) is 15.9 Å². The zero-order chi connectivity index (χ0) is 28.3. The van der Waals surface area contributed by atoms with Crippen molar-refractivity contribution in [1.29, 1.82) is 0 Å². The maximum Gasteiger partial charge on any atom is 0.264 e. The molecule has 0 aliphatic carbocycles. The fourth-order valence-corrected chi connectivity index (χ4v) is 5.85. The number of benzene rings is 3. The predicted molar refractivity (Wildman–Crippen MR) is 158 cm³/mol. The minimum Gasteiger partial charge on any atom is -0.318 e. The smallest absolute Gasteiger partial charge is 0.264 e. The molecule has 1 amide bonds. The van der Waals surface area contributed by atoms with Crippen LogP contribution in [0.5, 0.6) is 0 Å². The molecular formula is C29H28Cl2N4O3S. The molecule has 0 aliphatic heterocycles. The summed E-state index contributed by atoms with van der Waals surface area (Å²) in [5.41, 5.74) is 8.10. The van der Waals surface area contributed by atoms with E-state index in [0.717, 1.165) is 38.1 Å². The Hall–Kier alpha value is -3.59. The van der Waals surface area contributed by atoms with Crippen LogP contribution < -0.4 is 9.73 Å². The highest BCUT2D eigenvalue weighted by Crippen LogP contribution is 2.28. The van der Waals surface area contributed by atoms with E-state index in [1.165, 1.54) is 24.4 Å². The summed E-state index contributed by atoms with van der Waals surface area (Å²) in [6, 6.07) is 20.7. The van der Waals surface area contributed by atoms with Gasteiger partial charge in [0.15, 0.2) is 0 Å². The van der Waals surface area contributed by atoms with Crippen LogP contribution in [-0.2, 0) is 14.8 Å². The third kappa shape index (κ3) is 6.36. The fraction of sp³-hybridized carbons (Fsp3) is 0.172. The maximum absolute atomic E-state index is 13.6. The first kappa shape index (κ1) is 28.4.